The highest BCUT2D eigenvalue weighted by atomic mass is 79.9. The molecule has 0 aliphatic carbocycles. The number of hydrogen-bond acceptors (Lipinski definition) is 3. The van der Waals surface area contributed by atoms with E-state index < -0.39 is 0 Å². The van der Waals surface area contributed by atoms with E-state index in [0.717, 1.165) is 19.6 Å². The molecule has 0 aromatic carbocycles. The van der Waals surface area contributed by atoms with Gasteiger partial charge in [-0.3, -0.25) is 0 Å². The van der Waals surface area contributed by atoms with Gasteiger partial charge in [-0.15, -0.1) is 11.3 Å². The normalized spacial score (nSPS) is 13.2. The molecule has 18 heavy (non-hydrogen) atoms. The van der Waals surface area contributed by atoms with Gasteiger partial charge in [0.1, 0.15) is 0 Å². The summed E-state index contributed by atoms with van der Waals surface area (Å²) in [6.07, 6.45) is 2.37. The van der Waals surface area contributed by atoms with Crippen LogP contribution in [0.3, 0.4) is 0 Å². The summed E-state index contributed by atoms with van der Waals surface area (Å²) < 4.78 is 1.25. The van der Waals surface area contributed by atoms with Crippen LogP contribution in [-0.4, -0.2) is 31.1 Å². The average molecular weight is 333 g/mol. The Hall–Kier alpha value is 0.100. The molecule has 0 amide bonds. The quantitative estimate of drug-likeness (QED) is 0.725. The molecule has 0 radical (unpaired) electrons. The van der Waals surface area contributed by atoms with Crippen molar-refractivity contribution in [3.63, 3.8) is 0 Å². The number of nitrogens with zero attached hydrogens (tertiary/aromatic N) is 1. The molecular weight excluding hydrogens is 308 g/mol. The van der Waals surface area contributed by atoms with Gasteiger partial charge in [0, 0.05) is 15.4 Å². The average Bonchev–Trinajstić information content (AvgIpc) is 2.80. The van der Waals surface area contributed by atoms with E-state index in [9.17, 15) is 0 Å². The first-order valence-electron chi connectivity index (χ1n) is 6.91. The number of halogens is 1. The Balaban J connectivity index is 2.59. The smallest absolute Gasteiger partial charge is 0.0438 e. The van der Waals surface area contributed by atoms with Crippen LogP contribution in [0.25, 0.3) is 0 Å². The van der Waals surface area contributed by atoms with Crippen molar-refractivity contribution < 1.29 is 0 Å². The van der Waals surface area contributed by atoms with Gasteiger partial charge in [0.05, 0.1) is 0 Å². The van der Waals surface area contributed by atoms with Gasteiger partial charge in [0.15, 0.2) is 0 Å². The molecule has 1 N–H and O–H groups in total. The zero-order chi connectivity index (χ0) is 13.4. The maximum absolute atomic E-state index is 3.67. The summed E-state index contributed by atoms with van der Waals surface area (Å²) in [7, 11) is 0. The summed E-state index contributed by atoms with van der Waals surface area (Å²) in [5, 5.41) is 5.83. The molecule has 1 heterocycles. The fourth-order valence-corrected chi connectivity index (χ4v) is 3.81. The topological polar surface area (TPSA) is 15.3 Å². The zero-order valence-corrected chi connectivity index (χ0v) is 14.1. The Kier molecular flexibility index (Phi) is 8.15. The molecule has 2 nitrogen and oxygen atoms in total. The maximum atomic E-state index is 3.67. The molecule has 0 fully saturated rings. The van der Waals surface area contributed by atoms with Gasteiger partial charge in [-0.1, -0.05) is 20.8 Å². The van der Waals surface area contributed by atoms with Gasteiger partial charge in [-0.05, 0) is 66.4 Å². The van der Waals surface area contributed by atoms with Crippen molar-refractivity contribution in [3.8, 4) is 0 Å². The molecule has 1 atom stereocenters. The Labute approximate surface area is 124 Å². The largest absolute Gasteiger partial charge is 0.309 e. The third-order valence-corrected chi connectivity index (χ3v) is 5.21. The summed E-state index contributed by atoms with van der Waals surface area (Å²) in [4.78, 5) is 3.93. The monoisotopic (exact) mass is 332 g/mol. The lowest BCUT2D eigenvalue weighted by molar-refractivity contribution is 0.282. The summed E-state index contributed by atoms with van der Waals surface area (Å²) >= 11 is 5.50. The predicted octanol–water partition coefficient (Wildman–Crippen LogP) is 4.28. The van der Waals surface area contributed by atoms with E-state index in [1.165, 1.54) is 28.7 Å². The van der Waals surface area contributed by atoms with Crippen LogP contribution in [0.5, 0.6) is 0 Å². The molecule has 0 saturated carbocycles. The van der Waals surface area contributed by atoms with E-state index in [0.29, 0.717) is 6.04 Å². The van der Waals surface area contributed by atoms with Gasteiger partial charge in [-0.25, -0.2) is 0 Å². The molecule has 0 aliphatic rings. The van der Waals surface area contributed by atoms with Crippen LogP contribution in [0.4, 0.5) is 0 Å². The van der Waals surface area contributed by atoms with Crippen LogP contribution in [0.2, 0.25) is 0 Å². The lowest BCUT2D eigenvalue weighted by Crippen LogP contribution is -2.29. The van der Waals surface area contributed by atoms with Gasteiger partial charge >= 0.3 is 0 Å². The van der Waals surface area contributed by atoms with Gasteiger partial charge in [0.2, 0.25) is 0 Å². The number of nitrogens with one attached hydrogen (secondary N) is 1. The van der Waals surface area contributed by atoms with Gasteiger partial charge in [-0.2, -0.15) is 0 Å². The Morgan fingerprint density at radius 2 is 2.06 bits per heavy atom. The van der Waals surface area contributed by atoms with E-state index in [4.69, 9.17) is 0 Å². The molecule has 0 bridgehead atoms. The third-order valence-electron chi connectivity index (χ3n) is 3.23. The van der Waals surface area contributed by atoms with Crippen LogP contribution in [0.1, 0.15) is 44.5 Å². The van der Waals surface area contributed by atoms with Crippen LogP contribution in [0.15, 0.2) is 15.9 Å². The van der Waals surface area contributed by atoms with Crippen molar-refractivity contribution in [3.05, 3.63) is 20.8 Å². The standard InChI is InChI=1S/C14H25BrN2S/c1-4-9-16-13(7-10-17(5-2)6-3)14-12(15)8-11-18-14/h8,11,13,16H,4-7,9-10H2,1-3H3. The molecule has 0 saturated heterocycles. The highest BCUT2D eigenvalue weighted by molar-refractivity contribution is 9.10. The predicted molar refractivity (Wildman–Crippen MR) is 85.5 cm³/mol. The molecule has 1 aromatic rings. The van der Waals surface area contributed by atoms with E-state index in [1.54, 1.807) is 0 Å². The van der Waals surface area contributed by atoms with Crippen LogP contribution >= 0.6 is 27.3 Å². The molecule has 1 rings (SSSR count). The second-order valence-corrected chi connectivity index (χ2v) is 6.26. The summed E-state index contributed by atoms with van der Waals surface area (Å²) in [6.45, 7) is 11.2. The molecular formula is C14H25BrN2S. The minimum absolute atomic E-state index is 0.486. The third kappa shape index (κ3) is 5.00. The van der Waals surface area contributed by atoms with E-state index in [1.807, 2.05) is 11.3 Å². The Bertz CT molecular complexity index is 323. The van der Waals surface area contributed by atoms with Crippen LogP contribution in [-0.2, 0) is 0 Å². The van der Waals surface area contributed by atoms with E-state index in [-0.39, 0.29) is 0 Å². The molecule has 4 heteroatoms. The minimum atomic E-state index is 0.486. The Morgan fingerprint density at radius 3 is 2.56 bits per heavy atom. The first-order valence-corrected chi connectivity index (χ1v) is 8.58. The first-order chi connectivity index (χ1) is 8.72. The number of rotatable bonds is 9. The summed E-state index contributed by atoms with van der Waals surface area (Å²) in [6, 6.07) is 2.64. The highest BCUT2D eigenvalue weighted by Crippen LogP contribution is 2.31. The SMILES string of the molecule is CCCNC(CCN(CC)CC)c1sccc1Br. The second-order valence-electron chi connectivity index (χ2n) is 4.46. The van der Waals surface area contributed by atoms with Gasteiger partial charge in [0.25, 0.3) is 0 Å². The summed E-state index contributed by atoms with van der Waals surface area (Å²) in [5.74, 6) is 0. The lowest BCUT2D eigenvalue weighted by Gasteiger charge is -2.23. The number of thiophene rings is 1. The van der Waals surface area contributed by atoms with Gasteiger partial charge < -0.3 is 10.2 Å². The van der Waals surface area contributed by atoms with Crippen molar-refractivity contribution in [2.45, 2.75) is 39.7 Å². The first kappa shape index (κ1) is 16.2. The lowest BCUT2D eigenvalue weighted by atomic mass is 10.1. The highest BCUT2D eigenvalue weighted by Gasteiger charge is 2.16. The minimum Gasteiger partial charge on any atom is -0.309 e. The van der Waals surface area contributed by atoms with Crippen molar-refractivity contribution in [1.29, 1.82) is 0 Å². The molecule has 1 unspecified atom stereocenters. The molecule has 104 valence electrons. The Morgan fingerprint density at radius 1 is 1.33 bits per heavy atom. The van der Waals surface area contributed by atoms with Crippen LogP contribution < -0.4 is 5.32 Å². The van der Waals surface area contributed by atoms with Crippen molar-refractivity contribution in [1.82, 2.24) is 10.2 Å². The second kappa shape index (κ2) is 9.08. The van der Waals surface area contributed by atoms with Crippen molar-refractivity contribution in [2.24, 2.45) is 0 Å². The van der Waals surface area contributed by atoms with Crippen molar-refractivity contribution >= 4 is 27.3 Å². The fraction of sp³-hybridized carbons (Fsp3) is 0.714. The number of hydrogen-bond donors (Lipinski definition) is 1. The maximum Gasteiger partial charge on any atom is 0.0438 e. The zero-order valence-electron chi connectivity index (χ0n) is 11.7. The summed E-state index contributed by atoms with van der Waals surface area (Å²) in [5.41, 5.74) is 0. The fourth-order valence-electron chi connectivity index (χ4n) is 2.05. The van der Waals surface area contributed by atoms with Crippen molar-refractivity contribution in [2.75, 3.05) is 26.2 Å². The van der Waals surface area contributed by atoms with E-state index in [2.05, 4.69) is 58.4 Å². The molecule has 0 spiro atoms. The molecule has 0 aliphatic heterocycles. The van der Waals surface area contributed by atoms with E-state index >= 15 is 0 Å². The molecule has 1 aromatic heterocycles. The van der Waals surface area contributed by atoms with Crippen LogP contribution in [0, 0.1) is 0 Å².